The van der Waals surface area contributed by atoms with Crippen LogP contribution in [0.4, 0.5) is 26.3 Å². The number of hydrogen-bond donors (Lipinski definition) is 0. The van der Waals surface area contributed by atoms with Crippen LogP contribution in [-0.2, 0) is 12.6 Å². The Labute approximate surface area is 178 Å². The van der Waals surface area contributed by atoms with Crippen molar-refractivity contribution in [3.63, 3.8) is 0 Å². The highest BCUT2D eigenvalue weighted by atomic mass is 19.4. The minimum absolute atomic E-state index is 0.0231. The van der Waals surface area contributed by atoms with E-state index in [0.717, 1.165) is 37.5 Å². The Morgan fingerprint density at radius 2 is 1.74 bits per heavy atom. The first kappa shape index (κ1) is 22.0. The van der Waals surface area contributed by atoms with Crippen molar-refractivity contribution in [2.75, 3.05) is 0 Å². The number of allylic oxidation sites excluding steroid dienone is 2. The summed E-state index contributed by atoms with van der Waals surface area (Å²) in [4.78, 5) is 0. The number of benzene rings is 2. The average molecular weight is 438 g/mol. The fourth-order valence-electron chi connectivity index (χ4n) is 5.62. The second-order valence-electron chi connectivity index (χ2n) is 8.60. The van der Waals surface area contributed by atoms with Crippen molar-refractivity contribution >= 4 is 0 Å². The molecule has 0 amide bonds. The molecule has 4 rings (SSSR count). The molecule has 2 aliphatic carbocycles. The summed E-state index contributed by atoms with van der Waals surface area (Å²) in [5.41, 5.74) is 0.431. The van der Waals surface area contributed by atoms with Gasteiger partial charge in [0.2, 0.25) is 0 Å². The summed E-state index contributed by atoms with van der Waals surface area (Å²) >= 11 is 0. The monoisotopic (exact) mass is 438 g/mol. The Bertz CT molecular complexity index is 990. The molecule has 6 heteroatoms. The van der Waals surface area contributed by atoms with Crippen molar-refractivity contribution in [1.29, 1.82) is 0 Å². The predicted molar refractivity (Wildman–Crippen MR) is 107 cm³/mol. The van der Waals surface area contributed by atoms with Crippen LogP contribution >= 0.6 is 0 Å². The van der Waals surface area contributed by atoms with E-state index in [2.05, 4.69) is 6.08 Å². The number of alkyl halides is 3. The van der Waals surface area contributed by atoms with Crippen molar-refractivity contribution in [3.8, 4) is 0 Å². The first-order chi connectivity index (χ1) is 14.7. The number of fused-ring (bicyclic) bond motifs is 3. The van der Waals surface area contributed by atoms with Crippen molar-refractivity contribution in [3.05, 3.63) is 82.2 Å². The molecule has 31 heavy (non-hydrogen) atoms. The van der Waals surface area contributed by atoms with Crippen LogP contribution in [-0.4, -0.2) is 0 Å². The Hall–Kier alpha value is -2.24. The fraction of sp³-hybridized carbons (Fsp3) is 0.440. The smallest absolute Gasteiger partial charge is 0.207 e. The van der Waals surface area contributed by atoms with Crippen LogP contribution in [0, 0.1) is 29.3 Å². The summed E-state index contributed by atoms with van der Waals surface area (Å²) in [5, 5.41) is 0. The summed E-state index contributed by atoms with van der Waals surface area (Å²) < 4.78 is 81.9. The molecule has 1 saturated carbocycles. The minimum atomic E-state index is -4.75. The normalized spacial score (nSPS) is 26.0. The standard InChI is InChI=1S/C25H24F6/c1-2-3-4-14-5-7-17-19(9-8-18-20(17)12-16(26)13-22(18)27)24(14)15-6-10-21(23(28)11-15)25(29,30)31/h3-4,6,10-14,17,19,24H,2,5,7-9H2,1H3/t14-,17-,19+,24-/m1/s1. The molecule has 166 valence electrons. The van der Waals surface area contributed by atoms with Gasteiger partial charge >= 0.3 is 6.18 Å². The van der Waals surface area contributed by atoms with Crippen molar-refractivity contribution in [2.45, 2.75) is 57.0 Å². The molecule has 2 aromatic carbocycles. The maximum absolute atomic E-state index is 14.4. The van der Waals surface area contributed by atoms with Gasteiger partial charge in [-0.1, -0.05) is 25.1 Å². The molecule has 0 unspecified atom stereocenters. The van der Waals surface area contributed by atoms with Gasteiger partial charge in [-0.15, -0.1) is 0 Å². The number of halogens is 6. The average Bonchev–Trinajstić information content (AvgIpc) is 2.70. The van der Waals surface area contributed by atoms with Crippen LogP contribution in [0.25, 0.3) is 0 Å². The van der Waals surface area contributed by atoms with E-state index in [9.17, 15) is 26.3 Å². The van der Waals surface area contributed by atoms with Gasteiger partial charge < -0.3 is 0 Å². The van der Waals surface area contributed by atoms with Gasteiger partial charge in [0.05, 0.1) is 5.56 Å². The summed E-state index contributed by atoms with van der Waals surface area (Å²) in [6, 6.07) is 5.47. The van der Waals surface area contributed by atoms with Gasteiger partial charge in [0, 0.05) is 6.07 Å². The van der Waals surface area contributed by atoms with Crippen molar-refractivity contribution in [1.82, 2.24) is 0 Å². The second-order valence-corrected chi connectivity index (χ2v) is 8.60. The molecule has 0 aliphatic heterocycles. The number of rotatable bonds is 3. The number of hydrogen-bond acceptors (Lipinski definition) is 0. The zero-order valence-electron chi connectivity index (χ0n) is 17.2. The molecule has 0 spiro atoms. The topological polar surface area (TPSA) is 0 Å². The quantitative estimate of drug-likeness (QED) is 0.337. The van der Waals surface area contributed by atoms with Gasteiger partial charge in [-0.2, -0.15) is 13.2 Å². The van der Waals surface area contributed by atoms with E-state index >= 15 is 0 Å². The lowest BCUT2D eigenvalue weighted by atomic mass is 9.58. The third-order valence-electron chi connectivity index (χ3n) is 6.87. The van der Waals surface area contributed by atoms with Crippen LogP contribution in [0.5, 0.6) is 0 Å². The third kappa shape index (κ3) is 4.13. The van der Waals surface area contributed by atoms with E-state index in [1.807, 2.05) is 13.0 Å². The van der Waals surface area contributed by atoms with Crippen LogP contribution < -0.4 is 0 Å². The molecule has 0 aromatic heterocycles. The van der Waals surface area contributed by atoms with E-state index in [4.69, 9.17) is 0 Å². The lowest BCUT2D eigenvalue weighted by Gasteiger charge is -2.46. The molecule has 1 fully saturated rings. The predicted octanol–water partition coefficient (Wildman–Crippen LogP) is 7.93. The summed E-state index contributed by atoms with van der Waals surface area (Å²) in [6.07, 6.45) is 2.68. The van der Waals surface area contributed by atoms with E-state index in [1.54, 1.807) is 0 Å². The lowest BCUT2D eigenvalue weighted by Crippen LogP contribution is -2.35. The highest BCUT2D eigenvalue weighted by molar-refractivity contribution is 5.39. The molecular weight excluding hydrogens is 414 g/mol. The van der Waals surface area contributed by atoms with Gasteiger partial charge in [0.15, 0.2) is 0 Å². The van der Waals surface area contributed by atoms with Crippen LogP contribution in [0.15, 0.2) is 42.5 Å². The first-order valence-electron chi connectivity index (χ1n) is 10.7. The Morgan fingerprint density at radius 3 is 2.42 bits per heavy atom. The van der Waals surface area contributed by atoms with Crippen molar-refractivity contribution in [2.24, 2.45) is 11.8 Å². The maximum atomic E-state index is 14.4. The Balaban J connectivity index is 1.77. The molecule has 0 saturated heterocycles. The summed E-state index contributed by atoms with van der Waals surface area (Å²) in [5.74, 6) is -2.74. The Morgan fingerprint density at radius 1 is 0.968 bits per heavy atom. The van der Waals surface area contributed by atoms with E-state index in [-0.39, 0.29) is 23.7 Å². The van der Waals surface area contributed by atoms with Gasteiger partial charge in [0.1, 0.15) is 17.5 Å². The molecule has 4 atom stereocenters. The zero-order chi connectivity index (χ0) is 22.3. The highest BCUT2D eigenvalue weighted by Crippen LogP contribution is 2.54. The van der Waals surface area contributed by atoms with Gasteiger partial charge in [-0.25, -0.2) is 13.2 Å². The molecular formula is C25H24F6. The molecule has 0 nitrogen and oxygen atoms in total. The highest BCUT2D eigenvalue weighted by Gasteiger charge is 2.43. The van der Waals surface area contributed by atoms with E-state index in [0.29, 0.717) is 29.5 Å². The minimum Gasteiger partial charge on any atom is -0.207 e. The fourth-order valence-corrected chi connectivity index (χ4v) is 5.62. The molecule has 0 bridgehead atoms. The first-order valence-corrected chi connectivity index (χ1v) is 10.7. The van der Waals surface area contributed by atoms with E-state index in [1.165, 1.54) is 12.1 Å². The van der Waals surface area contributed by atoms with Gasteiger partial charge in [-0.3, -0.25) is 0 Å². The molecule has 2 aliphatic rings. The SMILES string of the molecule is CCC=C[C@@H]1CC[C@H]2c3cc(F)cc(F)c3CC[C@@H]2[C@H]1c1ccc(C(F)(F)F)c(F)c1. The lowest BCUT2D eigenvalue weighted by molar-refractivity contribution is -0.140. The largest absolute Gasteiger partial charge is 0.419 e. The third-order valence-corrected chi connectivity index (χ3v) is 6.87. The van der Waals surface area contributed by atoms with Gasteiger partial charge in [-0.05, 0) is 90.7 Å². The zero-order valence-corrected chi connectivity index (χ0v) is 17.2. The summed E-state index contributed by atoms with van der Waals surface area (Å²) in [6.45, 7) is 2.00. The van der Waals surface area contributed by atoms with E-state index < -0.39 is 29.2 Å². The van der Waals surface area contributed by atoms with Crippen LogP contribution in [0.2, 0.25) is 0 Å². The molecule has 0 heterocycles. The van der Waals surface area contributed by atoms with Crippen LogP contribution in [0.1, 0.15) is 66.7 Å². The van der Waals surface area contributed by atoms with Crippen LogP contribution in [0.3, 0.4) is 0 Å². The maximum Gasteiger partial charge on any atom is 0.419 e. The van der Waals surface area contributed by atoms with Gasteiger partial charge in [0.25, 0.3) is 0 Å². The molecule has 0 N–H and O–H groups in total. The Kier molecular flexibility index (Phi) is 5.93. The second kappa shape index (κ2) is 8.36. The molecule has 2 aromatic rings. The molecule has 0 radical (unpaired) electrons. The summed E-state index contributed by atoms with van der Waals surface area (Å²) in [7, 11) is 0. The van der Waals surface area contributed by atoms with Crippen molar-refractivity contribution < 1.29 is 26.3 Å².